The summed E-state index contributed by atoms with van der Waals surface area (Å²) < 4.78 is 0. The Labute approximate surface area is 130 Å². The molecule has 0 radical (unpaired) electrons. The first-order valence-electron chi connectivity index (χ1n) is 7.15. The lowest BCUT2D eigenvalue weighted by Gasteiger charge is -2.24. The smallest absolute Gasteiger partial charge is 0.172 e. The first-order valence-corrected chi connectivity index (χ1v) is 7.55. The Morgan fingerprint density at radius 2 is 1.86 bits per heavy atom. The third-order valence-corrected chi connectivity index (χ3v) is 4.32. The predicted molar refractivity (Wildman–Crippen MR) is 90.0 cm³/mol. The van der Waals surface area contributed by atoms with Gasteiger partial charge in [-0.3, -0.25) is 4.79 Å². The van der Waals surface area contributed by atoms with E-state index < -0.39 is 0 Å². The van der Waals surface area contributed by atoms with E-state index in [0.29, 0.717) is 4.99 Å². The molecule has 2 aromatic carbocycles. The lowest BCUT2D eigenvalue weighted by molar-refractivity contribution is 0.0942. The Morgan fingerprint density at radius 3 is 2.62 bits per heavy atom. The van der Waals surface area contributed by atoms with E-state index in [0.717, 1.165) is 29.7 Å². The van der Waals surface area contributed by atoms with Crippen LogP contribution in [0.15, 0.2) is 48.5 Å². The van der Waals surface area contributed by atoms with Gasteiger partial charge in [0, 0.05) is 11.3 Å². The summed E-state index contributed by atoms with van der Waals surface area (Å²) in [5, 5.41) is 3.21. The van der Waals surface area contributed by atoms with Crippen LogP contribution in [-0.2, 0) is 6.42 Å². The van der Waals surface area contributed by atoms with Gasteiger partial charge in [0.2, 0.25) is 0 Å². The van der Waals surface area contributed by atoms with Gasteiger partial charge in [-0.05, 0) is 37.5 Å². The van der Waals surface area contributed by atoms with E-state index in [1.54, 1.807) is 0 Å². The van der Waals surface area contributed by atoms with Gasteiger partial charge in [0.25, 0.3) is 0 Å². The number of aryl methyl sites for hydroxylation is 2. The Balaban J connectivity index is 1.77. The number of Topliss-reactive ketones (excluding diaryl/α,β-unsaturated/α-hetero) is 1. The van der Waals surface area contributed by atoms with Crippen molar-refractivity contribution in [1.29, 1.82) is 0 Å². The van der Waals surface area contributed by atoms with Crippen LogP contribution in [0.25, 0.3) is 0 Å². The number of carbonyl (C=O) groups excluding carboxylic acids is 1. The number of nitrogens with one attached hydrogen (secondary N) is 1. The maximum absolute atomic E-state index is 12.6. The molecule has 1 atom stereocenters. The second-order valence-corrected chi connectivity index (χ2v) is 5.91. The summed E-state index contributed by atoms with van der Waals surface area (Å²) in [4.78, 5) is 13.2. The highest BCUT2D eigenvalue weighted by Crippen LogP contribution is 2.27. The molecule has 0 bridgehead atoms. The molecule has 1 aliphatic rings. The number of fused-ring (bicyclic) bond motifs is 1. The summed E-state index contributed by atoms with van der Waals surface area (Å²) >= 11 is 5.46. The topological polar surface area (TPSA) is 29.1 Å². The highest BCUT2D eigenvalue weighted by atomic mass is 32.1. The minimum absolute atomic E-state index is 0.140. The molecule has 0 aliphatic heterocycles. The third-order valence-electron chi connectivity index (χ3n) is 3.94. The van der Waals surface area contributed by atoms with Crippen LogP contribution in [0.4, 0.5) is 5.69 Å². The summed E-state index contributed by atoms with van der Waals surface area (Å²) in [7, 11) is 0. The van der Waals surface area contributed by atoms with Gasteiger partial charge >= 0.3 is 0 Å². The van der Waals surface area contributed by atoms with Crippen LogP contribution in [-0.4, -0.2) is 10.8 Å². The van der Waals surface area contributed by atoms with Gasteiger partial charge in [-0.15, -0.1) is 0 Å². The van der Waals surface area contributed by atoms with Crippen molar-refractivity contribution in [2.45, 2.75) is 19.8 Å². The van der Waals surface area contributed by atoms with Crippen LogP contribution < -0.4 is 5.32 Å². The van der Waals surface area contributed by atoms with Gasteiger partial charge in [-0.25, -0.2) is 0 Å². The van der Waals surface area contributed by atoms with E-state index in [-0.39, 0.29) is 11.7 Å². The van der Waals surface area contributed by atoms with Crippen LogP contribution >= 0.6 is 12.2 Å². The van der Waals surface area contributed by atoms with Gasteiger partial charge in [0.1, 0.15) is 0 Å². The van der Waals surface area contributed by atoms with Gasteiger partial charge in [0.15, 0.2) is 5.78 Å². The molecular formula is C18H17NOS. The Hall–Kier alpha value is -2.00. The lowest BCUT2D eigenvalue weighted by Crippen LogP contribution is -2.32. The van der Waals surface area contributed by atoms with E-state index in [4.69, 9.17) is 12.2 Å². The van der Waals surface area contributed by atoms with Crippen molar-refractivity contribution < 1.29 is 4.79 Å². The third kappa shape index (κ3) is 2.88. The van der Waals surface area contributed by atoms with Crippen LogP contribution in [0.1, 0.15) is 27.9 Å². The second-order valence-electron chi connectivity index (χ2n) is 5.47. The average molecular weight is 295 g/mol. The van der Waals surface area contributed by atoms with Gasteiger partial charge in [-0.2, -0.15) is 0 Å². The number of ketones is 1. The molecule has 0 fully saturated rings. The fraction of sp³-hybridized carbons (Fsp3) is 0.222. The largest absolute Gasteiger partial charge is 0.349 e. The van der Waals surface area contributed by atoms with E-state index in [2.05, 4.69) is 5.32 Å². The lowest BCUT2D eigenvalue weighted by atomic mass is 9.82. The molecule has 1 aliphatic carbocycles. The predicted octanol–water partition coefficient (Wildman–Crippen LogP) is 4.18. The quantitative estimate of drug-likeness (QED) is 0.843. The molecule has 1 N–H and O–H groups in total. The Kier molecular flexibility index (Phi) is 3.84. The normalized spacial score (nSPS) is 17.2. The van der Waals surface area contributed by atoms with Crippen molar-refractivity contribution in [3.8, 4) is 0 Å². The van der Waals surface area contributed by atoms with Crippen molar-refractivity contribution in [3.63, 3.8) is 0 Å². The summed E-state index contributed by atoms with van der Waals surface area (Å²) in [6, 6.07) is 15.9. The van der Waals surface area contributed by atoms with Crippen molar-refractivity contribution in [2.24, 2.45) is 5.92 Å². The first kappa shape index (κ1) is 14.0. The number of hydrogen-bond acceptors (Lipinski definition) is 2. The maximum atomic E-state index is 12.6. The van der Waals surface area contributed by atoms with E-state index >= 15 is 0 Å². The zero-order valence-corrected chi connectivity index (χ0v) is 12.7. The van der Waals surface area contributed by atoms with Gasteiger partial charge in [0.05, 0.1) is 10.9 Å². The van der Waals surface area contributed by atoms with Crippen molar-refractivity contribution in [3.05, 3.63) is 65.2 Å². The summed E-state index contributed by atoms with van der Waals surface area (Å²) in [6.07, 6.45) is 1.69. The fourth-order valence-electron chi connectivity index (χ4n) is 2.71. The molecule has 0 saturated heterocycles. The van der Waals surface area contributed by atoms with Gasteiger partial charge < -0.3 is 5.32 Å². The van der Waals surface area contributed by atoms with Crippen molar-refractivity contribution in [2.75, 3.05) is 5.32 Å². The molecule has 21 heavy (non-hydrogen) atoms. The fourth-order valence-corrected chi connectivity index (χ4v) is 3.06. The number of thiocarbonyl (C=S) groups is 1. The standard InChI is InChI=1S/C18H17NOS/c1-12-6-9-14(10-7-12)19-18(21)16-11-8-13-4-2-3-5-15(13)17(16)20/h2-7,9-10,16H,8,11H2,1H3,(H,19,21). The number of benzene rings is 2. The molecule has 0 amide bonds. The summed E-state index contributed by atoms with van der Waals surface area (Å²) in [5.41, 5.74) is 4.10. The Bertz CT molecular complexity index is 691. The summed E-state index contributed by atoms with van der Waals surface area (Å²) in [5.74, 6) is -0.0716. The highest BCUT2D eigenvalue weighted by Gasteiger charge is 2.30. The minimum Gasteiger partial charge on any atom is -0.349 e. The molecule has 106 valence electrons. The molecule has 0 saturated carbocycles. The molecular weight excluding hydrogens is 278 g/mol. The molecule has 0 spiro atoms. The molecule has 1 unspecified atom stereocenters. The van der Waals surface area contributed by atoms with Gasteiger partial charge in [-0.1, -0.05) is 54.2 Å². The SMILES string of the molecule is Cc1ccc(NC(=S)C2CCc3ccccc3C2=O)cc1. The average Bonchev–Trinajstić information content (AvgIpc) is 2.50. The second kappa shape index (κ2) is 5.78. The van der Waals surface area contributed by atoms with Crippen molar-refractivity contribution in [1.82, 2.24) is 0 Å². The molecule has 3 rings (SSSR count). The highest BCUT2D eigenvalue weighted by molar-refractivity contribution is 7.80. The van der Waals surface area contributed by atoms with E-state index in [9.17, 15) is 4.79 Å². The minimum atomic E-state index is -0.212. The number of rotatable bonds is 2. The Morgan fingerprint density at radius 1 is 1.14 bits per heavy atom. The van der Waals surface area contributed by atoms with E-state index in [1.807, 2.05) is 55.5 Å². The molecule has 3 heteroatoms. The first-order chi connectivity index (χ1) is 10.1. The monoisotopic (exact) mass is 295 g/mol. The van der Waals surface area contributed by atoms with E-state index in [1.165, 1.54) is 5.56 Å². The maximum Gasteiger partial charge on any atom is 0.172 e. The molecule has 2 nitrogen and oxygen atoms in total. The van der Waals surface area contributed by atoms with Crippen molar-refractivity contribution >= 4 is 28.7 Å². The van der Waals surface area contributed by atoms with Crippen LogP contribution in [0.3, 0.4) is 0 Å². The summed E-state index contributed by atoms with van der Waals surface area (Å²) in [6.45, 7) is 2.05. The van der Waals surface area contributed by atoms with Crippen LogP contribution in [0.2, 0.25) is 0 Å². The molecule has 2 aromatic rings. The van der Waals surface area contributed by atoms with Crippen LogP contribution in [0.5, 0.6) is 0 Å². The van der Waals surface area contributed by atoms with Crippen LogP contribution in [0, 0.1) is 12.8 Å². The number of anilines is 1. The molecule has 0 heterocycles. The number of hydrogen-bond donors (Lipinski definition) is 1. The molecule has 0 aromatic heterocycles. The zero-order valence-electron chi connectivity index (χ0n) is 11.9. The zero-order chi connectivity index (χ0) is 14.8. The number of carbonyl (C=O) groups is 1.